The van der Waals surface area contributed by atoms with Crippen LogP contribution in [0.15, 0.2) is 11.4 Å². The first-order valence-electron chi connectivity index (χ1n) is 7.65. The Bertz CT molecular complexity index is 621. The van der Waals surface area contributed by atoms with E-state index in [4.69, 9.17) is 5.73 Å². The summed E-state index contributed by atoms with van der Waals surface area (Å²) in [5.74, 6) is 2.29. The predicted molar refractivity (Wildman–Crippen MR) is 89.3 cm³/mol. The van der Waals surface area contributed by atoms with Crippen LogP contribution in [-0.4, -0.2) is 28.0 Å². The van der Waals surface area contributed by atoms with Gasteiger partial charge in [-0.25, -0.2) is 9.97 Å². The molecule has 1 fully saturated rings. The summed E-state index contributed by atoms with van der Waals surface area (Å²) in [6.07, 6.45) is 2.53. The molecule has 0 saturated carbocycles. The number of nitrogens with two attached hydrogens (primary N) is 1. The minimum atomic E-state index is 0.420. The highest BCUT2D eigenvalue weighted by atomic mass is 32.1. The average Bonchev–Trinajstić information content (AvgIpc) is 2.87. The number of hydrogen-bond donors (Lipinski definition) is 1. The summed E-state index contributed by atoms with van der Waals surface area (Å²) in [7, 11) is 0. The van der Waals surface area contributed by atoms with Crippen LogP contribution in [0.25, 0.3) is 10.2 Å². The molecule has 2 aromatic rings. The number of rotatable bonds is 2. The molecule has 0 bridgehead atoms. The van der Waals surface area contributed by atoms with Crippen molar-refractivity contribution in [2.24, 2.45) is 11.3 Å². The molecule has 3 heterocycles. The van der Waals surface area contributed by atoms with E-state index in [2.05, 4.69) is 35.6 Å². The van der Waals surface area contributed by atoms with Gasteiger partial charge in [-0.3, -0.25) is 4.90 Å². The Kier molecular flexibility index (Phi) is 3.88. The Labute approximate surface area is 130 Å². The third-order valence-corrected chi connectivity index (χ3v) is 5.38. The van der Waals surface area contributed by atoms with E-state index in [1.54, 1.807) is 11.3 Å². The van der Waals surface area contributed by atoms with E-state index in [0.717, 1.165) is 41.6 Å². The van der Waals surface area contributed by atoms with E-state index in [-0.39, 0.29) is 0 Å². The molecule has 1 aliphatic rings. The molecule has 2 N–H and O–H groups in total. The fraction of sp³-hybridized carbons (Fsp3) is 0.625. The lowest BCUT2D eigenvalue weighted by Gasteiger charge is -2.38. The first kappa shape index (κ1) is 14.7. The number of nitrogens with zero attached hydrogens (tertiary/aromatic N) is 3. The Morgan fingerprint density at radius 2 is 2.00 bits per heavy atom. The second-order valence-corrected chi connectivity index (χ2v) is 7.98. The first-order chi connectivity index (χ1) is 9.93. The van der Waals surface area contributed by atoms with E-state index in [1.165, 1.54) is 12.8 Å². The topological polar surface area (TPSA) is 55.0 Å². The average molecular weight is 304 g/mol. The molecule has 21 heavy (non-hydrogen) atoms. The highest BCUT2D eigenvalue weighted by Gasteiger charge is 2.28. The van der Waals surface area contributed by atoms with Gasteiger partial charge in [0.2, 0.25) is 0 Å². The molecule has 5 heteroatoms. The third-order valence-electron chi connectivity index (χ3n) is 4.58. The summed E-state index contributed by atoms with van der Waals surface area (Å²) < 4.78 is 0. The van der Waals surface area contributed by atoms with Gasteiger partial charge < -0.3 is 5.73 Å². The monoisotopic (exact) mass is 304 g/mol. The zero-order valence-corrected chi connectivity index (χ0v) is 13.9. The molecule has 1 aliphatic heterocycles. The van der Waals surface area contributed by atoms with Crippen molar-refractivity contribution in [3.05, 3.63) is 17.3 Å². The van der Waals surface area contributed by atoms with Gasteiger partial charge in [0.15, 0.2) is 0 Å². The van der Waals surface area contributed by atoms with E-state index in [1.807, 2.05) is 11.4 Å². The largest absolute Gasteiger partial charge is 0.383 e. The van der Waals surface area contributed by atoms with Crippen LogP contribution in [0.3, 0.4) is 0 Å². The van der Waals surface area contributed by atoms with E-state index < -0.39 is 0 Å². The molecule has 0 unspecified atom stereocenters. The maximum atomic E-state index is 6.02. The minimum Gasteiger partial charge on any atom is -0.383 e. The van der Waals surface area contributed by atoms with E-state index in [9.17, 15) is 0 Å². The van der Waals surface area contributed by atoms with Crippen molar-refractivity contribution in [2.45, 2.75) is 40.2 Å². The van der Waals surface area contributed by atoms with Crippen molar-refractivity contribution in [3.8, 4) is 0 Å². The number of likely N-dealkylation sites (tertiary alicyclic amines) is 1. The molecule has 0 aliphatic carbocycles. The fourth-order valence-electron chi connectivity index (χ4n) is 3.15. The highest BCUT2D eigenvalue weighted by molar-refractivity contribution is 7.16. The Hall–Kier alpha value is -1.20. The summed E-state index contributed by atoms with van der Waals surface area (Å²) in [4.78, 5) is 12.6. The smallest absolute Gasteiger partial charge is 0.146 e. The SMILES string of the molecule is CC(C)(C)C1CCN(Cc2nc(N)c3ccsc3n2)CC1. The summed E-state index contributed by atoms with van der Waals surface area (Å²) in [6.45, 7) is 10.1. The Morgan fingerprint density at radius 1 is 1.29 bits per heavy atom. The van der Waals surface area contributed by atoms with E-state index >= 15 is 0 Å². The molecule has 0 aromatic carbocycles. The number of piperidine rings is 1. The molecule has 1 saturated heterocycles. The molecule has 0 radical (unpaired) electrons. The van der Waals surface area contributed by atoms with Gasteiger partial charge in [0.25, 0.3) is 0 Å². The predicted octanol–water partition coefficient (Wildman–Crippen LogP) is 3.53. The van der Waals surface area contributed by atoms with Crippen LogP contribution in [0, 0.1) is 11.3 Å². The van der Waals surface area contributed by atoms with Gasteiger partial charge in [0, 0.05) is 0 Å². The maximum absolute atomic E-state index is 6.02. The first-order valence-corrected chi connectivity index (χ1v) is 8.53. The van der Waals surface area contributed by atoms with Crippen LogP contribution < -0.4 is 5.73 Å². The van der Waals surface area contributed by atoms with Crippen LogP contribution in [0.4, 0.5) is 5.82 Å². The number of anilines is 1. The van der Waals surface area contributed by atoms with Crippen molar-refractivity contribution in [1.29, 1.82) is 0 Å². The molecular weight excluding hydrogens is 280 g/mol. The van der Waals surface area contributed by atoms with Crippen molar-refractivity contribution in [3.63, 3.8) is 0 Å². The second kappa shape index (κ2) is 5.54. The van der Waals surface area contributed by atoms with Crippen LogP contribution in [0.5, 0.6) is 0 Å². The molecule has 0 atom stereocenters. The van der Waals surface area contributed by atoms with Crippen LogP contribution in [0.1, 0.15) is 39.4 Å². The molecule has 114 valence electrons. The van der Waals surface area contributed by atoms with E-state index in [0.29, 0.717) is 11.2 Å². The maximum Gasteiger partial charge on any atom is 0.146 e. The molecule has 3 rings (SSSR count). The zero-order valence-electron chi connectivity index (χ0n) is 13.1. The molecular formula is C16H24N4S. The van der Waals surface area contributed by atoms with Crippen molar-refractivity contribution < 1.29 is 0 Å². The molecule has 2 aromatic heterocycles. The van der Waals surface area contributed by atoms with Gasteiger partial charge in [0.1, 0.15) is 16.5 Å². The van der Waals surface area contributed by atoms with Gasteiger partial charge in [-0.05, 0) is 48.7 Å². The number of fused-ring (bicyclic) bond motifs is 1. The molecule has 4 nitrogen and oxygen atoms in total. The lowest BCUT2D eigenvalue weighted by atomic mass is 9.75. The third kappa shape index (κ3) is 3.19. The van der Waals surface area contributed by atoms with Crippen LogP contribution in [-0.2, 0) is 6.54 Å². The van der Waals surface area contributed by atoms with Crippen LogP contribution >= 0.6 is 11.3 Å². The highest BCUT2D eigenvalue weighted by Crippen LogP contribution is 2.34. The normalized spacial score (nSPS) is 18.4. The van der Waals surface area contributed by atoms with Gasteiger partial charge in [-0.15, -0.1) is 11.3 Å². The second-order valence-electron chi connectivity index (χ2n) is 7.08. The number of hydrogen-bond acceptors (Lipinski definition) is 5. The summed E-state index contributed by atoms with van der Waals surface area (Å²) in [5.41, 5.74) is 6.44. The zero-order chi connectivity index (χ0) is 15.0. The van der Waals surface area contributed by atoms with Crippen molar-refractivity contribution in [1.82, 2.24) is 14.9 Å². The van der Waals surface area contributed by atoms with Crippen molar-refractivity contribution in [2.75, 3.05) is 18.8 Å². The van der Waals surface area contributed by atoms with Gasteiger partial charge in [-0.2, -0.15) is 0 Å². The number of nitrogen functional groups attached to an aromatic ring is 1. The van der Waals surface area contributed by atoms with Gasteiger partial charge >= 0.3 is 0 Å². The quantitative estimate of drug-likeness (QED) is 0.922. The summed E-state index contributed by atoms with van der Waals surface area (Å²) >= 11 is 1.63. The summed E-state index contributed by atoms with van der Waals surface area (Å²) in [5, 5.41) is 3.00. The Balaban J connectivity index is 1.67. The van der Waals surface area contributed by atoms with Gasteiger partial charge in [-0.1, -0.05) is 20.8 Å². The van der Waals surface area contributed by atoms with Crippen molar-refractivity contribution >= 4 is 27.4 Å². The van der Waals surface area contributed by atoms with Gasteiger partial charge in [0.05, 0.1) is 11.9 Å². The standard InChI is InChI=1S/C16H24N4S/c1-16(2,3)11-4-7-20(8-5-11)10-13-18-14(17)12-6-9-21-15(12)19-13/h6,9,11H,4-5,7-8,10H2,1-3H3,(H2,17,18,19). The molecule has 0 spiro atoms. The fourth-order valence-corrected chi connectivity index (χ4v) is 3.94. The summed E-state index contributed by atoms with van der Waals surface area (Å²) in [6, 6.07) is 1.99. The minimum absolute atomic E-state index is 0.420. The lowest BCUT2D eigenvalue weighted by molar-refractivity contribution is 0.106. The number of aromatic nitrogens is 2. The molecule has 0 amide bonds. The number of thiophene rings is 1. The van der Waals surface area contributed by atoms with Crippen LogP contribution in [0.2, 0.25) is 0 Å². The Morgan fingerprint density at radius 3 is 2.67 bits per heavy atom. The lowest BCUT2D eigenvalue weighted by Crippen LogP contribution is -2.37.